The lowest BCUT2D eigenvalue weighted by molar-refractivity contribution is -0.000614. The zero-order chi connectivity index (χ0) is 15.6. The molecule has 114 valence electrons. The van der Waals surface area contributed by atoms with Crippen molar-refractivity contribution in [2.75, 3.05) is 5.33 Å². The number of unbranched alkanes of at least 4 members (excludes halogenated alkanes) is 1. The van der Waals surface area contributed by atoms with Crippen LogP contribution in [-0.4, -0.2) is 16.6 Å². The van der Waals surface area contributed by atoms with Crippen LogP contribution in [0.15, 0.2) is 48.5 Å². The number of hydrogen-bond donors (Lipinski definition) is 1. The molecule has 0 unspecified atom stereocenters. The first-order valence-corrected chi connectivity index (χ1v) is 8.48. The van der Waals surface area contributed by atoms with E-state index in [1.165, 1.54) is 0 Å². The smallest absolute Gasteiger partial charge is 0.450 e. The normalized spacial score (nSPS) is 14.2. The van der Waals surface area contributed by atoms with Gasteiger partial charge in [0.05, 0.1) is 0 Å². The molecule has 0 saturated carbocycles. The number of carboxylic acid groups (broad SMARTS) is 1. The van der Waals surface area contributed by atoms with Gasteiger partial charge >= 0.3 is 6.16 Å². The molecule has 2 aromatic rings. The topological polar surface area (TPSA) is 46.5 Å². The lowest BCUT2D eigenvalue weighted by atomic mass is 9.86. The molecule has 0 fully saturated rings. The van der Waals surface area contributed by atoms with Crippen molar-refractivity contribution in [2.45, 2.75) is 24.9 Å². The monoisotopic (exact) mass is 360 g/mol. The molecule has 0 saturated heterocycles. The van der Waals surface area contributed by atoms with E-state index in [2.05, 4.69) is 15.9 Å². The summed E-state index contributed by atoms with van der Waals surface area (Å²) in [5.41, 5.74) is 3.15. The predicted octanol–water partition coefficient (Wildman–Crippen LogP) is 5.17. The van der Waals surface area contributed by atoms with E-state index in [9.17, 15) is 9.90 Å². The first kappa shape index (κ1) is 15.1. The Kier molecular flexibility index (Phi) is 4.21. The molecule has 0 bridgehead atoms. The first-order valence-electron chi connectivity index (χ1n) is 7.36. The molecule has 0 spiro atoms. The second-order valence-corrected chi connectivity index (χ2v) is 6.23. The summed E-state index contributed by atoms with van der Waals surface area (Å²) in [5, 5.41) is 10.2. The minimum Gasteiger partial charge on any atom is -0.450 e. The summed E-state index contributed by atoms with van der Waals surface area (Å²) in [7, 11) is 0. The lowest BCUT2D eigenvalue weighted by Crippen LogP contribution is -2.31. The van der Waals surface area contributed by atoms with Crippen LogP contribution in [0.3, 0.4) is 0 Å². The Morgan fingerprint density at radius 1 is 1.00 bits per heavy atom. The maximum atomic E-state index is 11.4. The highest BCUT2D eigenvalue weighted by Gasteiger charge is 2.46. The maximum absolute atomic E-state index is 11.4. The first-order chi connectivity index (χ1) is 10.7. The number of hydrogen-bond acceptors (Lipinski definition) is 2. The lowest BCUT2D eigenvalue weighted by Gasteiger charge is -2.30. The van der Waals surface area contributed by atoms with Crippen molar-refractivity contribution in [2.24, 2.45) is 0 Å². The van der Waals surface area contributed by atoms with Gasteiger partial charge in [-0.15, -0.1) is 0 Å². The number of ether oxygens (including phenoxy) is 1. The van der Waals surface area contributed by atoms with Crippen LogP contribution in [0, 0.1) is 0 Å². The van der Waals surface area contributed by atoms with E-state index >= 15 is 0 Å². The van der Waals surface area contributed by atoms with Crippen LogP contribution in [0.2, 0.25) is 0 Å². The van der Waals surface area contributed by atoms with Crippen molar-refractivity contribution < 1.29 is 14.6 Å². The minimum atomic E-state index is -1.23. The van der Waals surface area contributed by atoms with E-state index in [0.717, 1.165) is 40.4 Å². The quantitative estimate of drug-likeness (QED) is 0.454. The standard InChI is InChI=1S/C18H17BrO3/c19-12-6-5-11-18(22-17(20)21)15-9-3-1-7-13(15)14-8-2-4-10-16(14)18/h1-4,7-10H,5-6,11-12H2,(H,20,21). The molecule has 22 heavy (non-hydrogen) atoms. The third kappa shape index (κ3) is 2.41. The van der Waals surface area contributed by atoms with Gasteiger partial charge in [-0.25, -0.2) is 4.79 Å². The van der Waals surface area contributed by atoms with E-state index in [1.807, 2.05) is 48.5 Å². The average Bonchev–Trinajstić information content (AvgIpc) is 2.79. The fourth-order valence-electron chi connectivity index (χ4n) is 3.33. The minimum absolute atomic E-state index is 0.652. The molecule has 0 aliphatic heterocycles. The van der Waals surface area contributed by atoms with Gasteiger partial charge in [0.25, 0.3) is 0 Å². The SMILES string of the molecule is O=C(O)OC1(CCCCBr)c2ccccc2-c2ccccc21. The molecule has 0 amide bonds. The zero-order valence-electron chi connectivity index (χ0n) is 12.1. The Morgan fingerprint density at radius 3 is 2.05 bits per heavy atom. The summed E-state index contributed by atoms with van der Waals surface area (Å²) in [5.74, 6) is 0. The molecule has 1 aliphatic carbocycles. The van der Waals surface area contributed by atoms with Crippen LogP contribution >= 0.6 is 15.9 Å². The van der Waals surface area contributed by atoms with Crippen molar-refractivity contribution >= 4 is 22.1 Å². The highest BCUT2D eigenvalue weighted by molar-refractivity contribution is 9.09. The predicted molar refractivity (Wildman–Crippen MR) is 89.4 cm³/mol. The molecular weight excluding hydrogens is 344 g/mol. The molecule has 0 aromatic heterocycles. The second-order valence-electron chi connectivity index (χ2n) is 5.43. The van der Waals surface area contributed by atoms with E-state index in [1.54, 1.807) is 0 Å². The summed E-state index contributed by atoms with van der Waals surface area (Å²) in [6, 6.07) is 15.9. The number of halogens is 1. The summed E-state index contributed by atoms with van der Waals surface area (Å²) in [6.07, 6.45) is 1.29. The van der Waals surface area contributed by atoms with E-state index in [4.69, 9.17) is 4.74 Å². The largest absolute Gasteiger partial charge is 0.507 e. The molecule has 0 heterocycles. The second kappa shape index (κ2) is 6.13. The number of fused-ring (bicyclic) bond motifs is 3. The highest BCUT2D eigenvalue weighted by Crippen LogP contribution is 2.52. The third-order valence-corrected chi connectivity index (χ3v) is 4.75. The van der Waals surface area contributed by atoms with Crippen LogP contribution in [0.25, 0.3) is 11.1 Å². The van der Waals surface area contributed by atoms with Gasteiger partial charge < -0.3 is 9.84 Å². The number of alkyl halides is 1. The van der Waals surface area contributed by atoms with Gasteiger partial charge in [0.2, 0.25) is 0 Å². The molecule has 2 aromatic carbocycles. The Morgan fingerprint density at radius 2 is 1.55 bits per heavy atom. The molecule has 4 heteroatoms. The summed E-state index contributed by atoms with van der Waals surface area (Å²) >= 11 is 3.43. The van der Waals surface area contributed by atoms with Gasteiger partial charge in [0, 0.05) is 16.5 Å². The van der Waals surface area contributed by atoms with Gasteiger partial charge in [0.15, 0.2) is 5.60 Å². The van der Waals surface area contributed by atoms with Gasteiger partial charge in [0.1, 0.15) is 0 Å². The van der Waals surface area contributed by atoms with Crippen LogP contribution < -0.4 is 0 Å². The van der Waals surface area contributed by atoms with E-state index < -0.39 is 11.8 Å². The van der Waals surface area contributed by atoms with Crippen LogP contribution in [-0.2, 0) is 10.3 Å². The molecule has 3 nitrogen and oxygen atoms in total. The number of benzene rings is 2. The van der Waals surface area contributed by atoms with Crippen molar-refractivity contribution in [1.29, 1.82) is 0 Å². The maximum Gasteiger partial charge on any atom is 0.507 e. The van der Waals surface area contributed by atoms with Gasteiger partial charge in [-0.3, -0.25) is 0 Å². The third-order valence-electron chi connectivity index (χ3n) is 4.19. The highest BCUT2D eigenvalue weighted by atomic mass is 79.9. The van der Waals surface area contributed by atoms with E-state index in [0.29, 0.717) is 6.42 Å². The van der Waals surface area contributed by atoms with Crippen LogP contribution in [0.5, 0.6) is 0 Å². The van der Waals surface area contributed by atoms with Gasteiger partial charge in [-0.1, -0.05) is 64.5 Å². The van der Waals surface area contributed by atoms with Crippen LogP contribution in [0.1, 0.15) is 30.4 Å². The fourth-order valence-corrected chi connectivity index (χ4v) is 3.73. The number of rotatable bonds is 5. The average molecular weight is 361 g/mol. The Hall–Kier alpha value is -1.81. The zero-order valence-corrected chi connectivity index (χ0v) is 13.7. The Balaban J connectivity index is 2.16. The van der Waals surface area contributed by atoms with Crippen LogP contribution in [0.4, 0.5) is 4.79 Å². The fraction of sp³-hybridized carbons (Fsp3) is 0.278. The molecule has 1 N–H and O–H groups in total. The summed E-state index contributed by atoms with van der Waals surface area (Å²) in [6.45, 7) is 0. The Labute approximate surface area is 138 Å². The van der Waals surface area contributed by atoms with Gasteiger partial charge in [-0.2, -0.15) is 0 Å². The number of carbonyl (C=O) groups is 1. The van der Waals surface area contributed by atoms with Crippen molar-refractivity contribution in [3.05, 3.63) is 59.7 Å². The molecule has 1 aliphatic rings. The van der Waals surface area contributed by atoms with Crippen molar-refractivity contribution in [3.8, 4) is 11.1 Å². The van der Waals surface area contributed by atoms with Gasteiger partial charge in [-0.05, 0) is 30.4 Å². The summed E-state index contributed by atoms with van der Waals surface area (Å²) < 4.78 is 5.50. The summed E-state index contributed by atoms with van der Waals surface area (Å²) in [4.78, 5) is 11.4. The molecular formula is C18H17BrO3. The van der Waals surface area contributed by atoms with E-state index in [-0.39, 0.29) is 0 Å². The molecule has 0 radical (unpaired) electrons. The molecule has 3 rings (SSSR count). The van der Waals surface area contributed by atoms with Crippen molar-refractivity contribution in [1.82, 2.24) is 0 Å². The molecule has 0 atom stereocenters. The Bertz CT molecular complexity index is 651. The van der Waals surface area contributed by atoms with Crippen molar-refractivity contribution in [3.63, 3.8) is 0 Å².